The molecule has 3 nitrogen and oxygen atoms in total. The smallest absolute Gasteiger partial charge is 0.172 e. The lowest BCUT2D eigenvalue weighted by Crippen LogP contribution is -1.87. The monoisotopic (exact) mass is 187 g/mol. The largest absolute Gasteiger partial charge is 0.323 e. The average Bonchev–Trinajstić information content (AvgIpc) is 2.23. The summed E-state index contributed by atoms with van der Waals surface area (Å²) in [5.41, 5.74) is 0.906. The van der Waals surface area contributed by atoms with Gasteiger partial charge in [-0.1, -0.05) is 36.4 Å². The molecule has 2 aromatic carbocycles. The lowest BCUT2D eigenvalue weighted by Gasteiger charge is -2.04. The van der Waals surface area contributed by atoms with E-state index in [0.717, 1.165) is 16.3 Å². The highest BCUT2D eigenvalue weighted by molar-refractivity contribution is 5.89. The number of aryl methyl sites for hydroxylation is 1. The van der Waals surface area contributed by atoms with Crippen LogP contribution < -0.4 is 4.84 Å². The van der Waals surface area contributed by atoms with Crippen LogP contribution in [0.15, 0.2) is 41.7 Å². The predicted octanol–water partition coefficient (Wildman–Crippen LogP) is 3.21. The molecule has 0 aliphatic carbocycles. The molecular formula is C11H9NO2. The van der Waals surface area contributed by atoms with Gasteiger partial charge in [-0.2, -0.15) is 0 Å². The summed E-state index contributed by atoms with van der Waals surface area (Å²) in [5.74, 6) is 0.540. The summed E-state index contributed by atoms with van der Waals surface area (Å²) in [6.45, 7) is 1.88. The summed E-state index contributed by atoms with van der Waals surface area (Å²) in [5, 5.41) is 4.41. The Morgan fingerprint density at radius 2 is 1.93 bits per heavy atom. The van der Waals surface area contributed by atoms with Gasteiger partial charge in [-0.15, -0.1) is 4.91 Å². The lowest BCUT2D eigenvalue weighted by atomic mass is 10.1. The third kappa shape index (κ3) is 1.33. The highest BCUT2D eigenvalue weighted by Crippen LogP contribution is 2.29. The third-order valence-electron chi connectivity index (χ3n) is 2.21. The van der Waals surface area contributed by atoms with Gasteiger partial charge in [0.15, 0.2) is 11.1 Å². The van der Waals surface area contributed by atoms with Crippen molar-refractivity contribution in [3.05, 3.63) is 46.9 Å². The van der Waals surface area contributed by atoms with E-state index in [-0.39, 0.29) is 0 Å². The maximum Gasteiger partial charge on any atom is 0.172 e. The van der Waals surface area contributed by atoms with Crippen molar-refractivity contribution in [2.24, 2.45) is 5.34 Å². The van der Waals surface area contributed by atoms with Crippen LogP contribution in [0.4, 0.5) is 0 Å². The van der Waals surface area contributed by atoms with Gasteiger partial charge in [0.2, 0.25) is 0 Å². The summed E-state index contributed by atoms with van der Waals surface area (Å²) in [7, 11) is 0. The molecule has 0 atom stereocenters. The fourth-order valence-electron chi connectivity index (χ4n) is 1.51. The van der Waals surface area contributed by atoms with Crippen molar-refractivity contribution in [2.75, 3.05) is 0 Å². The van der Waals surface area contributed by atoms with Gasteiger partial charge < -0.3 is 4.84 Å². The van der Waals surface area contributed by atoms with Gasteiger partial charge in [0.25, 0.3) is 0 Å². The minimum atomic E-state index is 0.540. The van der Waals surface area contributed by atoms with Crippen molar-refractivity contribution in [1.82, 2.24) is 0 Å². The zero-order chi connectivity index (χ0) is 9.97. The Morgan fingerprint density at radius 1 is 1.14 bits per heavy atom. The summed E-state index contributed by atoms with van der Waals surface area (Å²) in [6.07, 6.45) is 0. The van der Waals surface area contributed by atoms with E-state index in [0.29, 0.717) is 5.75 Å². The van der Waals surface area contributed by atoms with Crippen molar-refractivity contribution in [3.63, 3.8) is 0 Å². The van der Waals surface area contributed by atoms with Crippen molar-refractivity contribution in [1.29, 1.82) is 0 Å². The van der Waals surface area contributed by atoms with E-state index in [1.165, 1.54) is 0 Å². The Balaban J connectivity index is 2.75. The van der Waals surface area contributed by atoms with Crippen molar-refractivity contribution >= 4 is 10.8 Å². The number of benzene rings is 2. The molecule has 0 heterocycles. The lowest BCUT2D eigenvalue weighted by molar-refractivity contribution is 0.337. The molecule has 2 aromatic rings. The van der Waals surface area contributed by atoms with E-state index >= 15 is 0 Å². The number of hydrogen-bond acceptors (Lipinski definition) is 3. The number of rotatable bonds is 2. The second-order valence-corrected chi connectivity index (χ2v) is 3.10. The molecule has 0 spiro atoms. The van der Waals surface area contributed by atoms with E-state index in [1.54, 1.807) is 0 Å². The molecule has 0 saturated heterocycles. The summed E-state index contributed by atoms with van der Waals surface area (Å²) < 4.78 is 0. The van der Waals surface area contributed by atoms with Crippen LogP contribution in [-0.2, 0) is 0 Å². The number of nitrogens with zero attached hydrogens (tertiary/aromatic N) is 1. The van der Waals surface area contributed by atoms with E-state index in [9.17, 15) is 4.91 Å². The minimum Gasteiger partial charge on any atom is -0.323 e. The number of hydrogen-bond donors (Lipinski definition) is 0. The molecule has 0 unspecified atom stereocenters. The Morgan fingerprint density at radius 3 is 2.71 bits per heavy atom. The van der Waals surface area contributed by atoms with E-state index in [4.69, 9.17) is 4.84 Å². The number of fused-ring (bicyclic) bond motifs is 1. The van der Waals surface area contributed by atoms with Crippen LogP contribution in [0.5, 0.6) is 5.75 Å². The molecule has 3 heteroatoms. The first-order chi connectivity index (χ1) is 6.83. The van der Waals surface area contributed by atoms with Gasteiger partial charge in [-0.05, 0) is 17.9 Å². The SMILES string of the molecule is Cc1ccc2ccccc2c1ON=O. The highest BCUT2D eigenvalue weighted by Gasteiger charge is 2.05. The molecule has 0 aliphatic heterocycles. The molecule has 0 saturated carbocycles. The molecule has 0 aromatic heterocycles. The molecule has 2 rings (SSSR count). The van der Waals surface area contributed by atoms with Crippen LogP contribution in [0.2, 0.25) is 0 Å². The zero-order valence-electron chi connectivity index (χ0n) is 7.73. The van der Waals surface area contributed by atoms with Gasteiger partial charge in [0.1, 0.15) is 0 Å². The van der Waals surface area contributed by atoms with Crippen LogP contribution in [-0.4, -0.2) is 0 Å². The molecular weight excluding hydrogens is 178 g/mol. The summed E-state index contributed by atoms with van der Waals surface area (Å²) in [6, 6.07) is 11.6. The van der Waals surface area contributed by atoms with Gasteiger partial charge in [0.05, 0.1) is 0 Å². The fourth-order valence-corrected chi connectivity index (χ4v) is 1.51. The molecule has 0 aliphatic rings. The first-order valence-corrected chi connectivity index (χ1v) is 4.31. The first kappa shape index (κ1) is 8.69. The molecule has 70 valence electrons. The molecule has 0 amide bonds. The molecule has 0 radical (unpaired) electrons. The Labute approximate surface area is 81.2 Å². The van der Waals surface area contributed by atoms with Crippen LogP contribution in [0, 0.1) is 11.8 Å². The van der Waals surface area contributed by atoms with Crippen molar-refractivity contribution in [2.45, 2.75) is 6.92 Å². The van der Waals surface area contributed by atoms with E-state index in [1.807, 2.05) is 43.3 Å². The Bertz CT molecular complexity index is 480. The van der Waals surface area contributed by atoms with Gasteiger partial charge >= 0.3 is 0 Å². The van der Waals surface area contributed by atoms with Crippen molar-refractivity contribution < 1.29 is 4.84 Å². The predicted molar refractivity (Wildman–Crippen MR) is 55.1 cm³/mol. The zero-order valence-corrected chi connectivity index (χ0v) is 7.73. The van der Waals surface area contributed by atoms with E-state index in [2.05, 4.69) is 5.34 Å². The minimum absolute atomic E-state index is 0.540. The quantitative estimate of drug-likeness (QED) is 0.534. The fraction of sp³-hybridized carbons (Fsp3) is 0.0909. The topological polar surface area (TPSA) is 38.7 Å². The highest BCUT2D eigenvalue weighted by atomic mass is 16.7. The maximum atomic E-state index is 10.1. The van der Waals surface area contributed by atoms with Crippen LogP contribution in [0.1, 0.15) is 5.56 Å². The van der Waals surface area contributed by atoms with Crippen LogP contribution >= 0.6 is 0 Å². The van der Waals surface area contributed by atoms with Gasteiger partial charge in [0, 0.05) is 5.39 Å². The average molecular weight is 187 g/mol. The maximum absolute atomic E-state index is 10.1. The normalized spacial score (nSPS) is 10.1. The second kappa shape index (κ2) is 3.46. The molecule has 0 fully saturated rings. The van der Waals surface area contributed by atoms with Crippen LogP contribution in [0.3, 0.4) is 0 Å². The summed E-state index contributed by atoms with van der Waals surface area (Å²) in [4.78, 5) is 14.8. The summed E-state index contributed by atoms with van der Waals surface area (Å²) >= 11 is 0. The first-order valence-electron chi connectivity index (χ1n) is 4.31. The molecule has 0 N–H and O–H groups in total. The Hall–Kier alpha value is -1.90. The van der Waals surface area contributed by atoms with Crippen molar-refractivity contribution in [3.8, 4) is 5.75 Å². The van der Waals surface area contributed by atoms with Crippen LogP contribution in [0.25, 0.3) is 10.8 Å². The molecule has 0 bridgehead atoms. The third-order valence-corrected chi connectivity index (χ3v) is 2.21. The van der Waals surface area contributed by atoms with E-state index < -0.39 is 0 Å². The standard InChI is InChI=1S/C11H9NO2/c1-8-6-7-9-4-2-3-5-10(9)11(8)14-12-13/h2-7H,1H3. The molecule has 14 heavy (non-hydrogen) atoms. The Kier molecular flexibility index (Phi) is 2.14. The van der Waals surface area contributed by atoms with Gasteiger partial charge in [-0.25, -0.2) is 0 Å². The second-order valence-electron chi connectivity index (χ2n) is 3.10. The van der Waals surface area contributed by atoms with Gasteiger partial charge in [-0.3, -0.25) is 0 Å².